The quantitative estimate of drug-likeness (QED) is 0.150. The Bertz CT molecular complexity index is 3250. The van der Waals surface area contributed by atoms with E-state index in [4.69, 9.17) is 0 Å². The Balaban J connectivity index is 1.08. The maximum Gasteiger partial charge on any atom is 0.0619 e. The highest BCUT2D eigenvalue weighted by Gasteiger charge is 2.23. The highest BCUT2D eigenvalue weighted by molar-refractivity contribution is 6.18. The van der Waals surface area contributed by atoms with Crippen molar-refractivity contribution in [1.29, 1.82) is 0 Å². The molecule has 0 saturated carbocycles. The van der Waals surface area contributed by atoms with Crippen LogP contribution in [0.15, 0.2) is 243 Å². The van der Waals surface area contributed by atoms with Gasteiger partial charge in [0.05, 0.1) is 11.2 Å². The molecule has 0 radical (unpaired) electrons. The topological polar surface area (TPSA) is 8.17 Å². The van der Waals surface area contributed by atoms with Crippen molar-refractivity contribution in [3.8, 4) is 50.3 Å². The lowest BCUT2D eigenvalue weighted by Gasteiger charge is -2.26. The molecule has 2 heteroatoms. The van der Waals surface area contributed by atoms with Gasteiger partial charge in [-0.3, -0.25) is 0 Å². The number of hydrogen-bond acceptors (Lipinski definition) is 1. The van der Waals surface area contributed by atoms with Crippen molar-refractivity contribution in [1.82, 2.24) is 4.57 Å². The van der Waals surface area contributed by atoms with Crippen LogP contribution in [-0.2, 0) is 0 Å². The minimum atomic E-state index is 1.09. The molecule has 1 heterocycles. The molecule has 0 atom stereocenters. The van der Waals surface area contributed by atoms with E-state index in [9.17, 15) is 0 Å². The van der Waals surface area contributed by atoms with Crippen LogP contribution in [0.3, 0.4) is 0 Å². The molecule has 0 N–H and O–H groups in total. The fraction of sp³-hybridized carbons (Fsp3) is 0. The molecule has 0 fully saturated rings. The number of rotatable bonds is 8. The second kappa shape index (κ2) is 15.1. The van der Waals surface area contributed by atoms with E-state index in [-0.39, 0.29) is 0 Å². The van der Waals surface area contributed by atoms with Gasteiger partial charge in [-0.15, -0.1) is 0 Å². The average molecular weight is 765 g/mol. The molecular formula is C58H40N2. The van der Waals surface area contributed by atoms with E-state index in [1.54, 1.807) is 0 Å². The van der Waals surface area contributed by atoms with Crippen molar-refractivity contribution in [2.75, 3.05) is 4.90 Å². The SMILES string of the molecule is c1ccc(-c2ccc(N(c3ccc(-c4cccc5ccccc45)cc3)c3ccc(-c4c(-c5ccccc5)n(-c5ccccc5)c5ccc6ccccc6c45)cc3)cc2)cc1. The molecule has 0 spiro atoms. The number of anilines is 3. The van der Waals surface area contributed by atoms with E-state index >= 15 is 0 Å². The van der Waals surface area contributed by atoms with Gasteiger partial charge in [0, 0.05) is 33.7 Å². The fourth-order valence-electron chi connectivity index (χ4n) is 8.98. The normalized spacial score (nSPS) is 11.3. The third kappa shape index (κ3) is 6.23. The Hall–Kier alpha value is -7.94. The summed E-state index contributed by atoms with van der Waals surface area (Å²) in [6.45, 7) is 0. The molecule has 1 aromatic heterocycles. The van der Waals surface area contributed by atoms with Gasteiger partial charge in [-0.2, -0.15) is 0 Å². The smallest absolute Gasteiger partial charge is 0.0619 e. The van der Waals surface area contributed by atoms with Gasteiger partial charge in [-0.05, 0) is 110 Å². The monoisotopic (exact) mass is 764 g/mol. The Morgan fingerprint density at radius 3 is 1.40 bits per heavy atom. The minimum absolute atomic E-state index is 1.09. The molecular weight excluding hydrogens is 725 g/mol. The summed E-state index contributed by atoms with van der Waals surface area (Å²) in [5.41, 5.74) is 15.2. The van der Waals surface area contributed by atoms with Crippen LogP contribution in [0.4, 0.5) is 17.1 Å². The van der Waals surface area contributed by atoms with Crippen LogP contribution >= 0.6 is 0 Å². The second-order valence-corrected chi connectivity index (χ2v) is 15.3. The molecule has 11 rings (SSSR count). The largest absolute Gasteiger partial charge is 0.311 e. The van der Waals surface area contributed by atoms with Crippen molar-refractivity contribution in [3.05, 3.63) is 243 Å². The van der Waals surface area contributed by atoms with E-state index in [2.05, 4.69) is 252 Å². The van der Waals surface area contributed by atoms with Crippen molar-refractivity contribution >= 4 is 49.5 Å². The number of benzene rings is 10. The van der Waals surface area contributed by atoms with Gasteiger partial charge in [-0.1, -0.05) is 188 Å². The Morgan fingerprint density at radius 2 is 0.767 bits per heavy atom. The Kier molecular flexibility index (Phi) is 8.87. The zero-order valence-corrected chi connectivity index (χ0v) is 33.0. The molecule has 60 heavy (non-hydrogen) atoms. The molecule has 0 aliphatic heterocycles. The highest BCUT2D eigenvalue weighted by atomic mass is 15.1. The summed E-state index contributed by atoms with van der Waals surface area (Å²) >= 11 is 0. The fourth-order valence-corrected chi connectivity index (χ4v) is 8.98. The Labute approximate surface area is 350 Å². The molecule has 0 aliphatic rings. The van der Waals surface area contributed by atoms with Crippen LogP contribution in [-0.4, -0.2) is 4.57 Å². The van der Waals surface area contributed by atoms with E-state index in [0.717, 1.165) is 22.7 Å². The standard InChI is InChI=1S/C58H40N2/c1-4-15-41(16-5-1)42-27-34-49(35-28-42)59(50-36-29-45(30-37-50)53-26-14-21-43-17-10-12-24-52(43)53)51-38-31-46(32-39-51)56-57-54-25-13-11-18-44(54)33-40-55(57)60(48-22-8-3-9-23-48)58(56)47-19-6-2-7-20-47/h1-40H. The molecule has 0 saturated heterocycles. The number of aromatic nitrogens is 1. The third-order valence-corrected chi connectivity index (χ3v) is 11.8. The number of hydrogen-bond donors (Lipinski definition) is 0. The lowest BCUT2D eigenvalue weighted by molar-refractivity contribution is 1.14. The molecule has 0 bridgehead atoms. The van der Waals surface area contributed by atoms with Crippen LogP contribution in [0.2, 0.25) is 0 Å². The molecule has 0 aliphatic carbocycles. The van der Waals surface area contributed by atoms with Crippen LogP contribution in [0.5, 0.6) is 0 Å². The van der Waals surface area contributed by atoms with Gasteiger partial charge in [0.25, 0.3) is 0 Å². The highest BCUT2D eigenvalue weighted by Crippen LogP contribution is 2.46. The van der Waals surface area contributed by atoms with Gasteiger partial charge >= 0.3 is 0 Å². The summed E-state index contributed by atoms with van der Waals surface area (Å²) in [4.78, 5) is 2.37. The first kappa shape index (κ1) is 35.2. The molecule has 0 amide bonds. The summed E-state index contributed by atoms with van der Waals surface area (Å²) in [7, 11) is 0. The minimum Gasteiger partial charge on any atom is -0.311 e. The van der Waals surface area contributed by atoms with Crippen LogP contribution < -0.4 is 4.90 Å². The average Bonchev–Trinajstić information content (AvgIpc) is 3.69. The van der Waals surface area contributed by atoms with Gasteiger partial charge < -0.3 is 9.47 Å². The lowest BCUT2D eigenvalue weighted by Crippen LogP contribution is -2.09. The van der Waals surface area contributed by atoms with Crippen molar-refractivity contribution in [3.63, 3.8) is 0 Å². The Morgan fingerprint density at radius 1 is 0.300 bits per heavy atom. The van der Waals surface area contributed by atoms with Gasteiger partial charge in [0.15, 0.2) is 0 Å². The molecule has 2 nitrogen and oxygen atoms in total. The second-order valence-electron chi connectivity index (χ2n) is 15.3. The van der Waals surface area contributed by atoms with E-state index in [0.29, 0.717) is 0 Å². The van der Waals surface area contributed by atoms with Crippen molar-refractivity contribution < 1.29 is 0 Å². The molecule has 10 aromatic carbocycles. The van der Waals surface area contributed by atoms with Crippen molar-refractivity contribution in [2.45, 2.75) is 0 Å². The summed E-state index contributed by atoms with van der Waals surface area (Å²) in [6.07, 6.45) is 0. The third-order valence-electron chi connectivity index (χ3n) is 11.8. The number of fused-ring (bicyclic) bond motifs is 4. The van der Waals surface area contributed by atoms with E-state index in [1.165, 1.54) is 77.1 Å². The summed E-state index contributed by atoms with van der Waals surface area (Å²) in [5.74, 6) is 0. The predicted octanol–water partition coefficient (Wildman–Crippen LogP) is 16.1. The lowest BCUT2D eigenvalue weighted by atomic mass is 9.95. The molecule has 11 aromatic rings. The van der Waals surface area contributed by atoms with Crippen LogP contribution in [0.1, 0.15) is 0 Å². The predicted molar refractivity (Wildman–Crippen MR) is 255 cm³/mol. The molecule has 282 valence electrons. The van der Waals surface area contributed by atoms with Crippen molar-refractivity contribution in [2.24, 2.45) is 0 Å². The zero-order chi connectivity index (χ0) is 39.8. The number of para-hydroxylation sites is 1. The van der Waals surface area contributed by atoms with E-state index in [1.807, 2.05) is 0 Å². The first-order chi connectivity index (χ1) is 29.8. The zero-order valence-electron chi connectivity index (χ0n) is 33.0. The van der Waals surface area contributed by atoms with Gasteiger partial charge in [-0.25, -0.2) is 0 Å². The van der Waals surface area contributed by atoms with E-state index < -0.39 is 0 Å². The summed E-state index contributed by atoms with van der Waals surface area (Å²) < 4.78 is 2.44. The summed E-state index contributed by atoms with van der Waals surface area (Å²) in [5, 5.41) is 6.22. The van der Waals surface area contributed by atoms with Crippen LogP contribution in [0, 0.1) is 0 Å². The van der Waals surface area contributed by atoms with Gasteiger partial charge in [0.2, 0.25) is 0 Å². The summed E-state index contributed by atoms with van der Waals surface area (Å²) in [6, 6.07) is 87.8. The number of nitrogens with zero attached hydrogens (tertiary/aromatic N) is 2. The maximum atomic E-state index is 2.44. The van der Waals surface area contributed by atoms with Gasteiger partial charge in [0.1, 0.15) is 0 Å². The van der Waals surface area contributed by atoms with Crippen LogP contribution in [0.25, 0.3) is 82.8 Å². The molecule has 0 unspecified atom stereocenters. The maximum absolute atomic E-state index is 2.44. The first-order valence-electron chi connectivity index (χ1n) is 20.6. The first-order valence-corrected chi connectivity index (χ1v) is 20.6.